The summed E-state index contributed by atoms with van der Waals surface area (Å²) in [5, 5.41) is 3.61. The molecule has 0 unspecified atom stereocenters. The Bertz CT molecular complexity index is 589. The maximum Gasteiger partial charge on any atom is 0.276 e. The van der Waals surface area contributed by atoms with Crippen LogP contribution in [0.4, 0.5) is 0 Å². The Morgan fingerprint density at radius 3 is 2.53 bits per heavy atom. The fourth-order valence-corrected chi connectivity index (χ4v) is 1.99. The summed E-state index contributed by atoms with van der Waals surface area (Å²) in [6.45, 7) is 0. The van der Waals surface area contributed by atoms with Crippen LogP contribution >= 0.6 is 0 Å². The summed E-state index contributed by atoms with van der Waals surface area (Å²) < 4.78 is 28.4. The van der Waals surface area contributed by atoms with Crippen molar-refractivity contribution in [3.8, 4) is 0 Å². The highest BCUT2D eigenvalue weighted by Gasteiger charge is 2.10. The van der Waals surface area contributed by atoms with Crippen LogP contribution in [0.2, 0.25) is 0 Å². The van der Waals surface area contributed by atoms with Gasteiger partial charge in [-0.1, -0.05) is 18.2 Å². The molecule has 0 aliphatic heterocycles. The molecule has 17 heavy (non-hydrogen) atoms. The van der Waals surface area contributed by atoms with Crippen molar-refractivity contribution in [1.29, 1.82) is 0 Å². The average Bonchev–Trinajstić information content (AvgIpc) is 2.83. The van der Waals surface area contributed by atoms with E-state index in [2.05, 4.69) is 9.93 Å². The second-order valence-corrected chi connectivity index (χ2v) is 4.84. The molecule has 0 bridgehead atoms. The number of hydrogen-bond acceptors (Lipinski definition) is 4. The zero-order valence-corrected chi connectivity index (χ0v) is 9.59. The summed E-state index contributed by atoms with van der Waals surface area (Å²) in [5.41, 5.74) is 0. The highest BCUT2D eigenvalue weighted by atomic mass is 32.2. The third kappa shape index (κ3) is 2.94. The largest absolute Gasteiger partial charge is 0.463 e. The summed E-state index contributed by atoms with van der Waals surface area (Å²) in [6.07, 6.45) is 2.77. The Balaban J connectivity index is 2.09. The molecule has 1 aromatic carbocycles. The van der Waals surface area contributed by atoms with Gasteiger partial charge in [0.2, 0.25) is 0 Å². The maximum atomic E-state index is 11.7. The Hall–Kier alpha value is -2.08. The molecule has 0 saturated heterocycles. The van der Waals surface area contributed by atoms with Crippen molar-refractivity contribution in [2.75, 3.05) is 0 Å². The topological polar surface area (TPSA) is 71.7 Å². The number of benzene rings is 1. The van der Waals surface area contributed by atoms with E-state index in [1.165, 1.54) is 24.6 Å². The standard InChI is InChI=1S/C11H10N2O3S/c14-17(15,11-6-2-1-3-7-11)13-12-9-10-5-4-8-16-10/h1-9,13H. The second-order valence-electron chi connectivity index (χ2n) is 3.18. The van der Waals surface area contributed by atoms with Crippen LogP contribution in [0.15, 0.2) is 63.1 Å². The summed E-state index contributed by atoms with van der Waals surface area (Å²) in [6, 6.07) is 11.4. The number of furan rings is 1. The molecule has 1 heterocycles. The molecular weight excluding hydrogens is 240 g/mol. The van der Waals surface area contributed by atoms with Gasteiger partial charge in [0.15, 0.2) is 0 Å². The first-order valence-electron chi connectivity index (χ1n) is 4.82. The molecule has 6 heteroatoms. The molecular formula is C11H10N2O3S. The molecule has 2 rings (SSSR count). The van der Waals surface area contributed by atoms with Crippen molar-refractivity contribution >= 4 is 16.2 Å². The van der Waals surface area contributed by atoms with E-state index >= 15 is 0 Å². The highest BCUT2D eigenvalue weighted by Crippen LogP contribution is 2.06. The van der Waals surface area contributed by atoms with Crippen LogP contribution in [0.25, 0.3) is 0 Å². The van der Waals surface area contributed by atoms with Crippen LogP contribution in [0.3, 0.4) is 0 Å². The first-order chi connectivity index (χ1) is 8.18. The molecule has 0 spiro atoms. The van der Waals surface area contributed by atoms with E-state index < -0.39 is 10.0 Å². The lowest BCUT2D eigenvalue weighted by Gasteiger charge is -2.01. The first-order valence-corrected chi connectivity index (χ1v) is 6.30. The number of nitrogens with one attached hydrogen (secondary N) is 1. The van der Waals surface area contributed by atoms with Crippen molar-refractivity contribution < 1.29 is 12.8 Å². The fraction of sp³-hybridized carbons (Fsp3) is 0. The maximum absolute atomic E-state index is 11.7. The van der Waals surface area contributed by atoms with Gasteiger partial charge in [0, 0.05) is 0 Å². The number of hydrazone groups is 1. The molecule has 5 nitrogen and oxygen atoms in total. The summed E-state index contributed by atoms with van der Waals surface area (Å²) in [7, 11) is -3.60. The Morgan fingerprint density at radius 1 is 1.12 bits per heavy atom. The van der Waals surface area contributed by atoms with Gasteiger partial charge in [-0.25, -0.2) is 0 Å². The van der Waals surface area contributed by atoms with E-state index in [1.807, 2.05) is 0 Å². The minimum Gasteiger partial charge on any atom is -0.463 e. The minimum absolute atomic E-state index is 0.164. The van der Waals surface area contributed by atoms with Crippen LogP contribution in [0, 0.1) is 0 Å². The van der Waals surface area contributed by atoms with E-state index in [-0.39, 0.29) is 4.90 Å². The van der Waals surface area contributed by atoms with Gasteiger partial charge in [-0.2, -0.15) is 18.4 Å². The minimum atomic E-state index is -3.60. The van der Waals surface area contributed by atoms with Crippen LogP contribution < -0.4 is 4.83 Å². The van der Waals surface area contributed by atoms with Crippen molar-refractivity contribution in [3.63, 3.8) is 0 Å². The summed E-state index contributed by atoms with van der Waals surface area (Å²) >= 11 is 0. The Kier molecular flexibility index (Phi) is 3.24. The van der Waals surface area contributed by atoms with Gasteiger partial charge in [0.25, 0.3) is 10.0 Å². The van der Waals surface area contributed by atoms with E-state index in [4.69, 9.17) is 4.42 Å². The lowest BCUT2D eigenvalue weighted by molar-refractivity contribution is 0.559. The summed E-state index contributed by atoms with van der Waals surface area (Å²) in [4.78, 5) is 2.26. The third-order valence-corrected chi connectivity index (χ3v) is 3.20. The summed E-state index contributed by atoms with van der Waals surface area (Å²) in [5.74, 6) is 0.473. The van der Waals surface area contributed by atoms with Crippen molar-refractivity contribution in [2.45, 2.75) is 4.90 Å². The van der Waals surface area contributed by atoms with Gasteiger partial charge in [-0.05, 0) is 24.3 Å². The van der Waals surface area contributed by atoms with Crippen LogP contribution in [-0.4, -0.2) is 14.6 Å². The van der Waals surface area contributed by atoms with E-state index in [0.717, 1.165) is 0 Å². The lowest BCUT2D eigenvalue weighted by Crippen LogP contribution is -2.18. The monoisotopic (exact) mass is 250 g/mol. The average molecular weight is 250 g/mol. The predicted molar refractivity (Wildman–Crippen MR) is 63.1 cm³/mol. The van der Waals surface area contributed by atoms with Gasteiger partial charge in [-0.15, -0.1) is 0 Å². The normalized spacial score (nSPS) is 11.8. The van der Waals surface area contributed by atoms with Gasteiger partial charge >= 0.3 is 0 Å². The molecule has 0 radical (unpaired) electrons. The molecule has 0 amide bonds. The predicted octanol–water partition coefficient (Wildman–Crippen LogP) is 1.59. The number of nitrogens with zero attached hydrogens (tertiary/aromatic N) is 1. The van der Waals surface area contributed by atoms with Crippen LogP contribution in [0.1, 0.15) is 5.76 Å². The lowest BCUT2D eigenvalue weighted by atomic mass is 10.4. The quantitative estimate of drug-likeness (QED) is 0.661. The van der Waals surface area contributed by atoms with E-state index in [1.54, 1.807) is 30.3 Å². The molecule has 1 aromatic heterocycles. The number of sulfonamides is 1. The third-order valence-electron chi connectivity index (χ3n) is 1.96. The van der Waals surface area contributed by atoms with Crippen molar-refractivity contribution in [1.82, 2.24) is 4.83 Å². The molecule has 1 N–H and O–H groups in total. The molecule has 0 saturated carbocycles. The smallest absolute Gasteiger partial charge is 0.276 e. The zero-order chi connectivity index (χ0) is 12.1. The van der Waals surface area contributed by atoms with Crippen molar-refractivity contribution in [3.05, 3.63) is 54.5 Å². The Morgan fingerprint density at radius 2 is 1.88 bits per heavy atom. The molecule has 88 valence electrons. The van der Waals surface area contributed by atoms with Gasteiger partial charge in [0.1, 0.15) is 5.76 Å². The van der Waals surface area contributed by atoms with E-state index in [0.29, 0.717) is 5.76 Å². The molecule has 0 aliphatic carbocycles. The molecule has 0 atom stereocenters. The zero-order valence-electron chi connectivity index (χ0n) is 8.78. The first kappa shape index (κ1) is 11.4. The van der Waals surface area contributed by atoms with Gasteiger partial charge in [0.05, 0.1) is 17.4 Å². The van der Waals surface area contributed by atoms with Gasteiger partial charge < -0.3 is 4.42 Å². The highest BCUT2D eigenvalue weighted by molar-refractivity contribution is 7.89. The number of rotatable bonds is 4. The van der Waals surface area contributed by atoms with Crippen LogP contribution in [0.5, 0.6) is 0 Å². The van der Waals surface area contributed by atoms with Crippen molar-refractivity contribution in [2.24, 2.45) is 5.10 Å². The molecule has 2 aromatic rings. The van der Waals surface area contributed by atoms with Gasteiger partial charge in [-0.3, -0.25) is 0 Å². The second kappa shape index (κ2) is 4.84. The Labute approximate surface area is 98.8 Å². The van der Waals surface area contributed by atoms with E-state index in [9.17, 15) is 8.42 Å². The van der Waals surface area contributed by atoms with Crippen LogP contribution in [-0.2, 0) is 10.0 Å². The number of hydrogen-bond donors (Lipinski definition) is 1. The molecule has 0 aliphatic rings. The molecule has 0 fully saturated rings. The fourth-order valence-electron chi connectivity index (χ4n) is 1.18. The SMILES string of the molecule is O=S(=O)(NN=Cc1ccco1)c1ccccc1.